The summed E-state index contributed by atoms with van der Waals surface area (Å²) in [5, 5.41) is 0. The number of nitrogens with zero attached hydrogens (tertiary/aromatic N) is 1. The molecule has 0 aliphatic carbocycles. The fraction of sp³-hybridized carbons (Fsp3) is 0.286. The molecule has 0 atom stereocenters. The van der Waals surface area contributed by atoms with E-state index in [9.17, 15) is 21.6 Å². The van der Waals surface area contributed by atoms with Crippen molar-refractivity contribution in [2.75, 3.05) is 12.5 Å². The molecule has 0 amide bonds. The lowest BCUT2D eigenvalue weighted by Gasteiger charge is -2.05. The maximum absolute atomic E-state index is 11.5. The number of aromatic nitrogens is 1. The molecular formula is C7H9NO6S2. The summed E-state index contributed by atoms with van der Waals surface area (Å²) < 4.78 is 48.6. The third-order valence-corrected chi connectivity index (χ3v) is 2.96. The SMILES string of the molecule is CS(=O)(=O)Oc1cccn(S(C)(=O)=O)c1=O. The van der Waals surface area contributed by atoms with Crippen molar-refractivity contribution in [2.24, 2.45) is 0 Å². The molecule has 1 heterocycles. The summed E-state index contributed by atoms with van der Waals surface area (Å²) in [4.78, 5) is 11.5. The highest BCUT2D eigenvalue weighted by Crippen LogP contribution is 2.05. The first-order valence-corrected chi connectivity index (χ1v) is 7.59. The van der Waals surface area contributed by atoms with E-state index in [2.05, 4.69) is 4.18 Å². The lowest BCUT2D eigenvalue weighted by Crippen LogP contribution is -2.27. The molecule has 0 saturated carbocycles. The van der Waals surface area contributed by atoms with Crippen molar-refractivity contribution in [1.29, 1.82) is 0 Å². The van der Waals surface area contributed by atoms with E-state index in [-0.39, 0.29) is 0 Å². The second-order valence-corrected chi connectivity index (χ2v) is 6.46. The number of rotatable bonds is 3. The monoisotopic (exact) mass is 267 g/mol. The van der Waals surface area contributed by atoms with Crippen LogP contribution in [0.1, 0.15) is 0 Å². The summed E-state index contributed by atoms with van der Waals surface area (Å²) in [6, 6.07) is 2.27. The van der Waals surface area contributed by atoms with Gasteiger partial charge < -0.3 is 4.18 Å². The van der Waals surface area contributed by atoms with E-state index in [1.165, 1.54) is 6.07 Å². The molecule has 1 rings (SSSR count). The first kappa shape index (κ1) is 12.7. The van der Waals surface area contributed by atoms with Gasteiger partial charge in [0.1, 0.15) is 0 Å². The molecule has 0 bridgehead atoms. The Balaban J connectivity index is 3.43. The van der Waals surface area contributed by atoms with Crippen molar-refractivity contribution < 1.29 is 21.0 Å². The van der Waals surface area contributed by atoms with Crippen molar-refractivity contribution in [3.63, 3.8) is 0 Å². The quantitative estimate of drug-likeness (QED) is 0.651. The molecule has 0 saturated heterocycles. The van der Waals surface area contributed by atoms with Gasteiger partial charge in [0.25, 0.3) is 0 Å². The Labute approximate surface area is 92.5 Å². The molecule has 9 heteroatoms. The van der Waals surface area contributed by atoms with Crippen LogP contribution < -0.4 is 9.74 Å². The molecule has 7 nitrogen and oxygen atoms in total. The minimum atomic E-state index is -3.87. The molecule has 0 aliphatic rings. The summed E-state index contributed by atoms with van der Waals surface area (Å²) in [5.41, 5.74) is -1.05. The second kappa shape index (κ2) is 3.91. The topological polar surface area (TPSA) is 99.5 Å². The Bertz CT molecular complexity index is 654. The third kappa shape index (κ3) is 3.07. The van der Waals surface area contributed by atoms with E-state index in [4.69, 9.17) is 0 Å². The average Bonchev–Trinajstić information content (AvgIpc) is 2.04. The normalized spacial score (nSPS) is 12.4. The predicted molar refractivity (Wildman–Crippen MR) is 56.4 cm³/mol. The lowest BCUT2D eigenvalue weighted by molar-refractivity contribution is 0.487. The highest BCUT2D eigenvalue weighted by molar-refractivity contribution is 7.89. The van der Waals surface area contributed by atoms with E-state index in [1.54, 1.807) is 0 Å². The molecule has 16 heavy (non-hydrogen) atoms. The highest BCUT2D eigenvalue weighted by atomic mass is 32.2. The molecule has 0 N–H and O–H groups in total. The van der Waals surface area contributed by atoms with Gasteiger partial charge in [0, 0.05) is 6.20 Å². The Morgan fingerprint density at radius 1 is 1.19 bits per heavy atom. The lowest BCUT2D eigenvalue weighted by atomic mass is 10.5. The van der Waals surface area contributed by atoms with Crippen LogP contribution in [0, 0.1) is 0 Å². The van der Waals surface area contributed by atoms with Gasteiger partial charge in [-0.3, -0.25) is 4.79 Å². The maximum Gasteiger partial charge on any atom is 0.308 e. The summed E-state index contributed by atoms with van der Waals surface area (Å²) in [6.45, 7) is 0. The molecule has 90 valence electrons. The first-order chi connectivity index (χ1) is 7.11. The standard InChI is InChI=1S/C7H9NO6S2/c1-15(10,11)8-5-3-4-6(7(8)9)14-16(2,12)13/h3-5H,1-2H3. The van der Waals surface area contributed by atoms with Gasteiger partial charge in [-0.25, -0.2) is 12.4 Å². The van der Waals surface area contributed by atoms with Crippen molar-refractivity contribution in [1.82, 2.24) is 3.97 Å². The van der Waals surface area contributed by atoms with E-state index < -0.39 is 31.5 Å². The molecule has 1 aromatic heterocycles. The molecule has 0 spiro atoms. The third-order valence-electron chi connectivity index (χ3n) is 1.48. The maximum atomic E-state index is 11.5. The number of hydrogen-bond acceptors (Lipinski definition) is 6. The summed E-state index contributed by atoms with van der Waals surface area (Å²) in [5.74, 6) is -0.560. The van der Waals surface area contributed by atoms with E-state index in [1.807, 2.05) is 0 Å². The molecule has 0 aromatic carbocycles. The van der Waals surface area contributed by atoms with Gasteiger partial charge in [-0.1, -0.05) is 0 Å². The fourth-order valence-corrected chi connectivity index (χ4v) is 2.08. The molecular weight excluding hydrogens is 258 g/mol. The fourth-order valence-electron chi connectivity index (χ4n) is 0.944. The zero-order valence-electron chi connectivity index (χ0n) is 8.45. The Kier molecular flexibility index (Phi) is 3.10. The van der Waals surface area contributed by atoms with Crippen LogP contribution in [0.2, 0.25) is 0 Å². The molecule has 0 fully saturated rings. The van der Waals surface area contributed by atoms with Crippen molar-refractivity contribution in [2.45, 2.75) is 0 Å². The second-order valence-electron chi connectivity index (χ2n) is 3.02. The van der Waals surface area contributed by atoms with Crippen LogP contribution in [-0.2, 0) is 20.1 Å². The van der Waals surface area contributed by atoms with Crippen LogP contribution in [0.3, 0.4) is 0 Å². The van der Waals surface area contributed by atoms with Gasteiger partial charge in [-0.05, 0) is 12.1 Å². The van der Waals surface area contributed by atoms with Crippen LogP contribution in [0.25, 0.3) is 0 Å². The van der Waals surface area contributed by atoms with Crippen LogP contribution in [0.4, 0.5) is 0 Å². The minimum Gasteiger partial charge on any atom is -0.377 e. The van der Waals surface area contributed by atoms with E-state index in [0.29, 0.717) is 3.97 Å². The number of pyridine rings is 1. The minimum absolute atomic E-state index is 0.396. The Morgan fingerprint density at radius 2 is 1.75 bits per heavy atom. The van der Waals surface area contributed by atoms with E-state index in [0.717, 1.165) is 24.8 Å². The van der Waals surface area contributed by atoms with Crippen LogP contribution >= 0.6 is 0 Å². The summed E-state index contributed by atoms with van der Waals surface area (Å²) >= 11 is 0. The van der Waals surface area contributed by atoms with Crippen LogP contribution in [0.5, 0.6) is 5.75 Å². The predicted octanol–water partition coefficient (Wildman–Crippen LogP) is -1.01. The van der Waals surface area contributed by atoms with E-state index >= 15 is 0 Å². The molecule has 0 unspecified atom stereocenters. The van der Waals surface area contributed by atoms with Gasteiger partial charge in [0.2, 0.25) is 15.8 Å². The Morgan fingerprint density at radius 3 is 2.19 bits per heavy atom. The number of hydrogen-bond donors (Lipinski definition) is 0. The van der Waals surface area contributed by atoms with Gasteiger partial charge in [0.05, 0.1) is 12.5 Å². The van der Waals surface area contributed by atoms with Gasteiger partial charge in [-0.2, -0.15) is 8.42 Å². The van der Waals surface area contributed by atoms with Crippen LogP contribution in [0.15, 0.2) is 23.1 Å². The van der Waals surface area contributed by atoms with Crippen molar-refractivity contribution in [3.05, 3.63) is 28.7 Å². The van der Waals surface area contributed by atoms with Crippen molar-refractivity contribution in [3.8, 4) is 5.75 Å². The van der Waals surface area contributed by atoms with Gasteiger partial charge in [0.15, 0.2) is 0 Å². The molecule has 1 aromatic rings. The molecule has 0 aliphatic heterocycles. The average molecular weight is 267 g/mol. The molecule has 0 radical (unpaired) electrons. The smallest absolute Gasteiger partial charge is 0.308 e. The summed E-state index contributed by atoms with van der Waals surface area (Å²) in [7, 11) is -7.65. The van der Waals surface area contributed by atoms with Gasteiger partial charge >= 0.3 is 15.7 Å². The highest BCUT2D eigenvalue weighted by Gasteiger charge is 2.14. The Hall–Kier alpha value is -1.35. The zero-order valence-corrected chi connectivity index (χ0v) is 10.1. The van der Waals surface area contributed by atoms with Gasteiger partial charge in [-0.15, -0.1) is 0 Å². The largest absolute Gasteiger partial charge is 0.377 e. The van der Waals surface area contributed by atoms with Crippen LogP contribution in [-0.4, -0.2) is 33.3 Å². The zero-order chi connectivity index (χ0) is 12.6. The first-order valence-electron chi connectivity index (χ1n) is 3.93. The van der Waals surface area contributed by atoms with Crippen molar-refractivity contribution >= 4 is 20.1 Å². The summed E-state index contributed by atoms with van der Waals surface area (Å²) in [6.07, 6.45) is 2.58.